The van der Waals surface area contributed by atoms with Crippen LogP contribution in [-0.4, -0.2) is 50.5 Å². The van der Waals surface area contributed by atoms with Crippen LogP contribution in [-0.2, 0) is 48.7 Å². The second-order valence-corrected chi connectivity index (χ2v) is 53.1. The number of para-hydroxylation sites is 5. The van der Waals surface area contributed by atoms with E-state index in [1.807, 2.05) is 0 Å². The van der Waals surface area contributed by atoms with Gasteiger partial charge in [-0.3, -0.25) is 0 Å². The van der Waals surface area contributed by atoms with Crippen molar-refractivity contribution in [3.63, 3.8) is 0 Å². The van der Waals surface area contributed by atoms with Crippen molar-refractivity contribution in [2.24, 2.45) is 0 Å². The molecule has 722 valence electrons. The summed E-state index contributed by atoms with van der Waals surface area (Å²) < 4.78 is 8.15. The predicted molar refractivity (Wildman–Crippen MR) is 620 cm³/mol. The molecule has 6 unspecified atom stereocenters. The van der Waals surface area contributed by atoms with E-state index >= 15 is 0 Å². The molecule has 17 aromatic rings. The molecule has 0 spiro atoms. The molecule has 32 rings (SSSR count). The molecule has 3 saturated carbocycles. The summed E-state index contributed by atoms with van der Waals surface area (Å²) in [5.74, 6) is 0. The topological polar surface area (TPSA) is 27.8 Å². The Morgan fingerprint density at radius 2 is 0.548 bits per heavy atom. The smallest absolute Gasteiger partial charge is 0.252 e. The lowest BCUT2D eigenvalue weighted by atomic mass is 9.33. The highest BCUT2D eigenvalue weighted by Crippen LogP contribution is 2.68. The van der Waals surface area contributed by atoms with Crippen molar-refractivity contribution in [3.8, 4) is 50.8 Å². The van der Waals surface area contributed by atoms with Crippen LogP contribution in [0.5, 0.6) is 0 Å². The van der Waals surface area contributed by atoms with Crippen LogP contribution in [0.2, 0.25) is 0 Å². The maximum absolute atomic E-state index is 2.88. The minimum absolute atomic E-state index is 0.0106. The van der Waals surface area contributed by atoms with Crippen LogP contribution >= 0.6 is 0 Å². The fourth-order valence-electron chi connectivity index (χ4n) is 34.1. The minimum Gasteiger partial charge on any atom is -0.335 e. The molecule has 7 nitrogen and oxygen atoms in total. The Balaban J connectivity index is 0.000000103. The molecule has 0 radical (unpaired) electrons. The van der Waals surface area contributed by atoms with E-state index in [0.29, 0.717) is 0 Å². The van der Waals surface area contributed by atoms with E-state index in [0.717, 1.165) is 0 Å². The zero-order valence-corrected chi connectivity index (χ0v) is 89.8. The lowest BCUT2D eigenvalue weighted by Crippen LogP contribution is -2.64. The number of fused-ring (bicyclic) bond motifs is 36. The Kier molecular flexibility index (Phi) is 17.1. The molecule has 0 N–H and O–H groups in total. The van der Waals surface area contributed by atoms with Gasteiger partial charge in [0.25, 0.3) is 20.1 Å². The molecule has 9 aliphatic heterocycles. The van der Waals surface area contributed by atoms with Gasteiger partial charge in [-0.1, -0.05) is 351 Å². The lowest BCUT2D eigenvalue weighted by molar-refractivity contribution is 0.195. The number of hydrogen-bond donors (Lipinski definition) is 0. The van der Waals surface area contributed by atoms with Crippen LogP contribution in [0, 0.1) is 6.92 Å². The first kappa shape index (κ1) is 88.4. The first-order chi connectivity index (χ1) is 69.8. The zero-order chi connectivity index (χ0) is 99.9. The van der Waals surface area contributed by atoms with Gasteiger partial charge in [-0.05, 0) is 283 Å². The summed E-state index contributed by atoms with van der Waals surface area (Å²) >= 11 is 0. The van der Waals surface area contributed by atoms with Crippen LogP contribution in [0.3, 0.4) is 0 Å². The van der Waals surface area contributed by atoms with E-state index < -0.39 is 0 Å². The average Bonchev–Trinajstić information content (AvgIpc) is 1.49. The standard InChI is InChI=1S/C53H50BN3.C42H43BN2.C41H41BN2/c1-50(2,3)33-29-38-45-48(37-23-14-15-24-39(37)51(45,4)5)56-43-31-36(55(34-19-10-8-11-20-34)35-21-12-9-13-22-35)32-44-46(43)54(42(30-33)47(38)56)41-26-18-25-40-49(41)57(44)53(7)28-17-16-27-52(40,53)6;1-24-20-32-35-33(21-24)45-38-29(41(7)18-11-12-19-42(41,45)8)16-13-17-30(38)43(35)31-23-25(39(2,3)4)22-27-34-37(44(32)36(27)31)26-14-9-10-15-28(26)40(34,5)6;1-38(2,3)24-22-26-33-36(25-14-8-9-15-27(25)39(33,4)5)43-31-18-13-19-32-34(31)42(30(23-24)35(26)43)29-17-12-16-28-37(29)44(32)41(7)21-11-10-20-40(28,41)6/h8-15,18-26,29-32H,16-17,27-28H2,1-7H3;9-10,13-17,20-23H,11-12,18-19H2,1-8H3;8-9,12-19,22-23H,10-11,20-21H2,1-7H3. The van der Waals surface area contributed by atoms with Crippen molar-refractivity contribution < 1.29 is 0 Å². The highest BCUT2D eigenvalue weighted by atomic mass is 15.3. The number of nitrogens with zero attached hydrogens (tertiary/aromatic N) is 7. The van der Waals surface area contributed by atoms with E-state index in [1.165, 1.54) is 317 Å². The van der Waals surface area contributed by atoms with Crippen LogP contribution < -0.4 is 68.8 Å². The third-order valence-corrected chi connectivity index (χ3v) is 41.7. The van der Waals surface area contributed by atoms with Gasteiger partial charge in [-0.25, -0.2) is 0 Å². The SMILES string of the molecule is CC(C)(C)c1cc2c3c(c1)c1c(n3-c3cc(N(c4ccccc4)c4ccccc4)cc4c3B2c2cccc3c2N4C2(C)CCCCC32C)-c2ccccc2C1(C)C.CC(C)(C)c1cc2c3c(c1)c1c(n3-c3cccc4c3B2c2cccc3c2N4C2(C)CCCCC32C)-c2ccccc2C1(C)C.Cc1cc2c3c(c1)-n1c4c(c5cc(C(C)(C)C)cc(c51)B3c1cccc3c1N2C1(C)CCCCC31C)C(C)(C)c1ccccc1-4. The lowest BCUT2D eigenvalue weighted by Gasteiger charge is -2.52. The van der Waals surface area contributed by atoms with E-state index in [1.54, 1.807) is 16.7 Å². The molecule has 0 saturated heterocycles. The molecular formula is C136H134B3N7. The van der Waals surface area contributed by atoms with E-state index in [4.69, 9.17) is 0 Å². The summed E-state index contributed by atoms with van der Waals surface area (Å²) in [4.78, 5) is 11.1. The summed E-state index contributed by atoms with van der Waals surface area (Å²) in [5, 5.41) is 4.31. The van der Waals surface area contributed by atoms with Gasteiger partial charge in [0, 0.05) is 144 Å². The van der Waals surface area contributed by atoms with Crippen molar-refractivity contribution in [2.45, 2.75) is 295 Å². The number of rotatable bonds is 3. The predicted octanol–water partition coefficient (Wildman–Crippen LogP) is 28.1. The molecule has 10 heteroatoms. The average molecular weight is 1900 g/mol. The molecule has 15 aliphatic rings. The van der Waals surface area contributed by atoms with Gasteiger partial charge in [0.05, 0.1) is 39.4 Å². The molecule has 12 heterocycles. The molecule has 146 heavy (non-hydrogen) atoms. The largest absolute Gasteiger partial charge is 0.335 e. The van der Waals surface area contributed by atoms with Crippen LogP contribution in [0.4, 0.5) is 51.2 Å². The molecule has 0 bridgehead atoms. The summed E-state index contributed by atoms with van der Waals surface area (Å²) in [6.07, 6.45) is 15.2. The van der Waals surface area contributed by atoms with Gasteiger partial charge in [-0.15, -0.1) is 0 Å². The van der Waals surface area contributed by atoms with E-state index in [9.17, 15) is 0 Å². The van der Waals surface area contributed by atoms with Gasteiger partial charge in [0.1, 0.15) is 0 Å². The van der Waals surface area contributed by atoms with Gasteiger partial charge < -0.3 is 33.3 Å². The Morgan fingerprint density at radius 1 is 0.260 bits per heavy atom. The Labute approximate surface area is 865 Å². The van der Waals surface area contributed by atoms with Gasteiger partial charge in [0.2, 0.25) is 0 Å². The molecule has 3 fully saturated rings. The normalized spacial score (nSPS) is 23.3. The number of hydrogen-bond acceptors (Lipinski definition) is 4. The molecule has 14 aromatic carbocycles. The molecule has 6 aliphatic carbocycles. The fourth-order valence-corrected chi connectivity index (χ4v) is 34.1. The molecule has 3 aromatic heterocycles. The Hall–Kier alpha value is -12.9. The third kappa shape index (κ3) is 10.5. The van der Waals surface area contributed by atoms with Crippen LogP contribution in [0.1, 0.15) is 295 Å². The summed E-state index contributed by atoms with van der Waals surface area (Å²) in [7, 11) is 0. The molecule has 6 atom stereocenters. The first-order valence-corrected chi connectivity index (χ1v) is 55.5. The minimum atomic E-state index is -0.149. The van der Waals surface area contributed by atoms with Crippen LogP contribution in [0.25, 0.3) is 83.5 Å². The maximum atomic E-state index is 2.88. The number of anilines is 9. The summed E-state index contributed by atoms with van der Waals surface area (Å²) in [5.41, 5.74) is 61.8. The van der Waals surface area contributed by atoms with Crippen LogP contribution in [0.15, 0.2) is 267 Å². The van der Waals surface area contributed by atoms with Gasteiger partial charge >= 0.3 is 0 Å². The van der Waals surface area contributed by atoms with Crippen molar-refractivity contribution in [2.75, 3.05) is 19.6 Å². The zero-order valence-electron chi connectivity index (χ0n) is 89.8. The second-order valence-electron chi connectivity index (χ2n) is 53.1. The molecular weight excluding hydrogens is 1760 g/mol. The molecule has 0 amide bonds. The van der Waals surface area contributed by atoms with Gasteiger partial charge in [0.15, 0.2) is 0 Å². The van der Waals surface area contributed by atoms with E-state index in [-0.39, 0.29) is 85.5 Å². The van der Waals surface area contributed by atoms with Crippen molar-refractivity contribution in [1.29, 1.82) is 0 Å². The maximum Gasteiger partial charge on any atom is 0.252 e. The first-order valence-electron chi connectivity index (χ1n) is 55.5. The Bertz CT molecular complexity index is 8750. The fraction of sp³-hybridized carbons (Fsp3) is 0.338. The Morgan fingerprint density at radius 3 is 0.918 bits per heavy atom. The third-order valence-electron chi connectivity index (χ3n) is 41.7. The monoisotopic (exact) mass is 1900 g/mol. The highest BCUT2D eigenvalue weighted by molar-refractivity contribution is 7.02. The van der Waals surface area contributed by atoms with Crippen molar-refractivity contribution >= 4 is 153 Å². The summed E-state index contributed by atoms with van der Waals surface area (Å²) in [6, 6.07) is 105. The number of aryl methyl sites for hydroxylation is 1. The van der Waals surface area contributed by atoms with Crippen molar-refractivity contribution in [1.82, 2.24) is 13.7 Å². The van der Waals surface area contributed by atoms with E-state index in [2.05, 4.69) is 453 Å². The summed E-state index contributed by atoms with van der Waals surface area (Å²) in [6.45, 7) is 54.6. The number of benzene rings is 14. The number of aromatic nitrogens is 3. The highest BCUT2D eigenvalue weighted by Gasteiger charge is 2.67. The second kappa shape index (κ2) is 28.3. The van der Waals surface area contributed by atoms with Gasteiger partial charge in [-0.2, -0.15) is 0 Å². The van der Waals surface area contributed by atoms with Crippen molar-refractivity contribution in [3.05, 3.63) is 339 Å². The quantitative estimate of drug-likeness (QED) is 0.165.